The average molecular weight is 338 g/mol. The van der Waals surface area contributed by atoms with E-state index in [1.165, 1.54) is 0 Å². The Kier molecular flexibility index (Phi) is 4.10. The summed E-state index contributed by atoms with van der Waals surface area (Å²) < 4.78 is 92.8. The summed E-state index contributed by atoms with van der Waals surface area (Å²) in [5.74, 6) is -3.45. The quantitative estimate of drug-likeness (QED) is 0.632. The fourth-order valence-corrected chi connectivity index (χ4v) is 2.64. The first-order valence-corrected chi connectivity index (χ1v) is 7.08. The smallest absolute Gasteiger partial charge is 0.378 e. The van der Waals surface area contributed by atoms with Crippen LogP contribution in [0.4, 0.5) is 22.0 Å². The molecular weight excluding hydrogens is 331 g/mol. The lowest BCUT2D eigenvalue weighted by molar-refractivity contribution is -0.138. The first-order chi connectivity index (χ1) is 10.1. The number of rotatable bonds is 3. The van der Waals surface area contributed by atoms with E-state index < -0.39 is 44.1 Å². The van der Waals surface area contributed by atoms with Crippen molar-refractivity contribution in [2.24, 2.45) is 0 Å². The van der Waals surface area contributed by atoms with Crippen molar-refractivity contribution in [3.63, 3.8) is 0 Å². The second-order valence-corrected chi connectivity index (χ2v) is 5.62. The molecule has 0 saturated heterocycles. The van der Waals surface area contributed by atoms with Gasteiger partial charge in [-0.05, 0) is 30.3 Å². The Morgan fingerprint density at radius 2 is 1.59 bits per heavy atom. The number of hydrogen-bond acceptors (Lipinski definition) is 3. The predicted octanol–water partition coefficient (Wildman–Crippen LogP) is 3.75. The number of hydrogen-bond donors (Lipinski definition) is 0. The Bertz CT molecular complexity index is 800. The zero-order valence-electron chi connectivity index (χ0n) is 10.6. The average Bonchev–Trinajstić information content (AvgIpc) is 2.40. The van der Waals surface area contributed by atoms with Gasteiger partial charge < -0.3 is 4.18 Å². The molecular formula is C13H7F5O3S. The van der Waals surface area contributed by atoms with Gasteiger partial charge in [0, 0.05) is 0 Å². The molecule has 2 aromatic carbocycles. The largest absolute Gasteiger partial charge is 0.420 e. The lowest BCUT2D eigenvalue weighted by Crippen LogP contribution is -2.15. The van der Waals surface area contributed by atoms with Crippen LogP contribution in [0.1, 0.15) is 5.56 Å². The van der Waals surface area contributed by atoms with Gasteiger partial charge in [-0.15, -0.1) is 0 Å². The molecule has 0 amide bonds. The summed E-state index contributed by atoms with van der Waals surface area (Å²) in [4.78, 5) is -1.19. The molecule has 2 rings (SSSR count). The first kappa shape index (κ1) is 16.2. The van der Waals surface area contributed by atoms with Gasteiger partial charge in [-0.1, -0.05) is 12.1 Å². The van der Waals surface area contributed by atoms with Crippen molar-refractivity contribution in [1.82, 2.24) is 0 Å². The molecule has 0 bridgehead atoms. The van der Waals surface area contributed by atoms with Crippen molar-refractivity contribution in [1.29, 1.82) is 0 Å². The highest BCUT2D eigenvalue weighted by molar-refractivity contribution is 7.87. The van der Waals surface area contributed by atoms with E-state index in [1.807, 2.05) is 0 Å². The van der Waals surface area contributed by atoms with Crippen LogP contribution in [0.25, 0.3) is 0 Å². The predicted molar refractivity (Wildman–Crippen MR) is 65.6 cm³/mol. The lowest BCUT2D eigenvalue weighted by atomic mass is 10.2. The van der Waals surface area contributed by atoms with Crippen molar-refractivity contribution in [2.75, 3.05) is 0 Å². The zero-order valence-corrected chi connectivity index (χ0v) is 11.4. The van der Waals surface area contributed by atoms with E-state index in [0.29, 0.717) is 24.3 Å². The molecule has 3 nitrogen and oxygen atoms in total. The highest BCUT2D eigenvalue weighted by atomic mass is 32.2. The molecule has 0 atom stereocenters. The van der Waals surface area contributed by atoms with Crippen molar-refractivity contribution in [2.45, 2.75) is 11.1 Å². The van der Waals surface area contributed by atoms with Crippen LogP contribution in [0.5, 0.6) is 5.75 Å². The maximum atomic E-state index is 13.5. The van der Waals surface area contributed by atoms with Crippen LogP contribution in [0.3, 0.4) is 0 Å². The van der Waals surface area contributed by atoms with Crippen molar-refractivity contribution < 1.29 is 34.6 Å². The first-order valence-electron chi connectivity index (χ1n) is 5.67. The van der Waals surface area contributed by atoms with Crippen molar-refractivity contribution >= 4 is 10.1 Å². The molecule has 0 aromatic heterocycles. The SMILES string of the molecule is O=S(=O)(Oc1ccccc1C(F)(F)F)c1cc(F)ccc1F. The Balaban J connectivity index is 2.49. The Hall–Kier alpha value is -2.16. The third kappa shape index (κ3) is 3.35. The fourth-order valence-electron chi connectivity index (χ4n) is 1.61. The molecule has 0 unspecified atom stereocenters. The maximum Gasteiger partial charge on any atom is 0.420 e. The fraction of sp³-hybridized carbons (Fsp3) is 0.0769. The van der Waals surface area contributed by atoms with Gasteiger partial charge in [0.15, 0.2) is 5.75 Å². The van der Waals surface area contributed by atoms with Gasteiger partial charge in [-0.3, -0.25) is 0 Å². The summed E-state index contributed by atoms with van der Waals surface area (Å²) in [5.41, 5.74) is -1.35. The standard InChI is InChI=1S/C13H7F5O3S/c14-8-5-6-10(15)12(7-8)22(19,20)21-11-4-2-1-3-9(11)13(16,17)18/h1-7H. The molecule has 22 heavy (non-hydrogen) atoms. The molecule has 0 aliphatic heterocycles. The Labute approximate surface area is 122 Å². The molecule has 2 aromatic rings. The van der Waals surface area contributed by atoms with Crippen LogP contribution in [0.15, 0.2) is 47.4 Å². The number of halogens is 5. The summed E-state index contributed by atoms with van der Waals surface area (Å²) >= 11 is 0. The molecule has 0 aliphatic carbocycles. The normalized spacial score (nSPS) is 12.2. The highest BCUT2D eigenvalue weighted by Crippen LogP contribution is 2.37. The van der Waals surface area contributed by atoms with E-state index in [-0.39, 0.29) is 0 Å². The second-order valence-electron chi connectivity index (χ2n) is 4.11. The second kappa shape index (κ2) is 5.56. The molecule has 0 N–H and O–H groups in total. The minimum Gasteiger partial charge on any atom is -0.378 e. The van der Waals surface area contributed by atoms with E-state index in [2.05, 4.69) is 4.18 Å². The summed E-state index contributed by atoms with van der Waals surface area (Å²) in [7, 11) is -4.96. The van der Waals surface area contributed by atoms with Gasteiger partial charge in [0.25, 0.3) is 0 Å². The minimum atomic E-state index is -4.96. The Morgan fingerprint density at radius 3 is 2.23 bits per heavy atom. The molecule has 0 spiro atoms. The topological polar surface area (TPSA) is 43.4 Å². The summed E-state index contributed by atoms with van der Waals surface area (Å²) in [6, 6.07) is 5.03. The van der Waals surface area contributed by atoms with Crippen molar-refractivity contribution in [3.8, 4) is 5.75 Å². The van der Waals surface area contributed by atoms with E-state index >= 15 is 0 Å². The Morgan fingerprint density at radius 1 is 0.955 bits per heavy atom. The van der Waals surface area contributed by atoms with Gasteiger partial charge in [0.2, 0.25) is 0 Å². The molecule has 0 heterocycles. The van der Waals surface area contributed by atoms with E-state index in [4.69, 9.17) is 0 Å². The van der Waals surface area contributed by atoms with Crippen LogP contribution in [-0.4, -0.2) is 8.42 Å². The van der Waals surface area contributed by atoms with Gasteiger partial charge in [-0.25, -0.2) is 8.78 Å². The molecule has 0 aliphatic rings. The highest BCUT2D eigenvalue weighted by Gasteiger charge is 2.36. The number of benzene rings is 2. The van der Waals surface area contributed by atoms with Crippen LogP contribution < -0.4 is 4.18 Å². The van der Waals surface area contributed by atoms with Crippen LogP contribution in [-0.2, 0) is 16.3 Å². The van der Waals surface area contributed by atoms with E-state index in [1.54, 1.807) is 0 Å². The van der Waals surface area contributed by atoms with Crippen LogP contribution in [0.2, 0.25) is 0 Å². The van der Waals surface area contributed by atoms with Crippen LogP contribution in [0, 0.1) is 11.6 Å². The monoisotopic (exact) mass is 338 g/mol. The van der Waals surface area contributed by atoms with Crippen molar-refractivity contribution in [3.05, 3.63) is 59.7 Å². The lowest BCUT2D eigenvalue weighted by Gasteiger charge is -2.13. The molecule has 0 radical (unpaired) electrons. The van der Waals surface area contributed by atoms with Gasteiger partial charge in [0.05, 0.1) is 5.56 Å². The van der Waals surface area contributed by atoms with E-state index in [9.17, 15) is 30.4 Å². The summed E-state index contributed by atoms with van der Waals surface area (Å²) in [6.45, 7) is 0. The molecule has 118 valence electrons. The van der Waals surface area contributed by atoms with Gasteiger partial charge in [0.1, 0.15) is 16.5 Å². The minimum absolute atomic E-state index is 0.320. The summed E-state index contributed by atoms with van der Waals surface area (Å²) in [6.07, 6.45) is -4.87. The van der Waals surface area contributed by atoms with E-state index in [0.717, 1.165) is 18.2 Å². The number of para-hydroxylation sites is 1. The molecule has 0 saturated carbocycles. The van der Waals surface area contributed by atoms with Crippen LogP contribution >= 0.6 is 0 Å². The molecule has 0 fully saturated rings. The van der Waals surface area contributed by atoms with Gasteiger partial charge in [-0.2, -0.15) is 21.6 Å². The van der Waals surface area contributed by atoms with Gasteiger partial charge >= 0.3 is 16.3 Å². The summed E-state index contributed by atoms with van der Waals surface area (Å²) in [5, 5.41) is 0. The third-order valence-electron chi connectivity index (χ3n) is 2.55. The molecule has 9 heteroatoms. The maximum absolute atomic E-state index is 13.5. The third-order valence-corrected chi connectivity index (χ3v) is 3.81. The number of alkyl halides is 3. The zero-order chi connectivity index (χ0) is 16.5.